The fraction of sp³-hybridized carbons (Fsp3) is 0.357. The molecule has 2 heterocycles. The first-order valence-corrected chi connectivity index (χ1v) is 6.77. The number of alkyl halides is 3. The third-order valence-electron chi connectivity index (χ3n) is 3.20. The van der Waals surface area contributed by atoms with Crippen molar-refractivity contribution in [2.45, 2.75) is 19.5 Å². The van der Waals surface area contributed by atoms with Gasteiger partial charge in [0.05, 0.1) is 11.0 Å². The molecule has 2 aliphatic heterocycles. The molecule has 0 radical (unpaired) electrons. The van der Waals surface area contributed by atoms with Crippen LogP contribution in [-0.4, -0.2) is 41.7 Å². The van der Waals surface area contributed by atoms with E-state index in [1.54, 1.807) is 0 Å². The summed E-state index contributed by atoms with van der Waals surface area (Å²) in [5.41, 5.74) is 2.59. The maximum Gasteiger partial charge on any atom is 0.490 e. The number of phenolic OH excluding ortho intramolecular Hbond substituents is 1. The van der Waals surface area contributed by atoms with Crippen molar-refractivity contribution in [1.82, 2.24) is 0 Å². The number of aromatic hydroxyl groups is 1. The standard InChI is InChI=1S/C12H13N3O.C2HF3O2/c1-2-13-9-5-8-10-7(3-4-14-8)6-15-11(10)12(9)16;3-2(4,5)1(6)7/h5-6,13,16H,2-4H2,1H3;(H,6,7). The van der Waals surface area contributed by atoms with Crippen LogP contribution in [0.15, 0.2) is 16.1 Å². The van der Waals surface area contributed by atoms with E-state index in [0.717, 1.165) is 35.8 Å². The molecule has 0 fully saturated rings. The Morgan fingerprint density at radius 2 is 2.09 bits per heavy atom. The predicted molar refractivity (Wildman–Crippen MR) is 77.8 cm³/mol. The first-order chi connectivity index (χ1) is 10.8. The van der Waals surface area contributed by atoms with Crippen LogP contribution >= 0.6 is 0 Å². The molecule has 0 saturated carbocycles. The van der Waals surface area contributed by atoms with Gasteiger partial charge in [-0.2, -0.15) is 13.2 Å². The Morgan fingerprint density at radius 3 is 2.65 bits per heavy atom. The van der Waals surface area contributed by atoms with Crippen LogP contribution in [0.4, 0.5) is 24.5 Å². The lowest BCUT2D eigenvalue weighted by atomic mass is 10.1. The van der Waals surface area contributed by atoms with E-state index in [-0.39, 0.29) is 5.75 Å². The molecule has 0 aromatic heterocycles. The van der Waals surface area contributed by atoms with Gasteiger partial charge < -0.3 is 15.5 Å². The molecule has 1 aromatic carbocycles. The van der Waals surface area contributed by atoms with Gasteiger partial charge in [-0.1, -0.05) is 0 Å². The van der Waals surface area contributed by atoms with Gasteiger partial charge in [0.15, 0.2) is 5.75 Å². The quantitative estimate of drug-likeness (QED) is 0.714. The first kappa shape index (κ1) is 16.8. The van der Waals surface area contributed by atoms with Crippen molar-refractivity contribution in [3.05, 3.63) is 16.6 Å². The lowest BCUT2D eigenvalue weighted by molar-refractivity contribution is -0.192. The van der Waals surface area contributed by atoms with Crippen molar-refractivity contribution in [3.8, 4) is 5.75 Å². The number of nitrogens with zero attached hydrogens (tertiary/aromatic N) is 2. The van der Waals surface area contributed by atoms with Crippen molar-refractivity contribution in [1.29, 1.82) is 0 Å². The van der Waals surface area contributed by atoms with Crippen LogP contribution in [0.3, 0.4) is 0 Å². The molecular formula is C14H14F3N3O3. The van der Waals surface area contributed by atoms with E-state index in [0.29, 0.717) is 5.69 Å². The summed E-state index contributed by atoms with van der Waals surface area (Å²) in [4.78, 5) is 17.7. The van der Waals surface area contributed by atoms with Crippen LogP contribution in [0.5, 0.6) is 5.75 Å². The average Bonchev–Trinajstić information content (AvgIpc) is 2.90. The zero-order chi connectivity index (χ0) is 17.2. The molecule has 3 N–H and O–H groups in total. The number of nitrogens with one attached hydrogen (secondary N) is 1. The number of carboxylic acids is 1. The molecule has 124 valence electrons. The molecule has 9 heteroatoms. The number of carboxylic acid groups (broad SMARTS) is 1. The Kier molecular flexibility index (Phi) is 4.57. The van der Waals surface area contributed by atoms with E-state index in [9.17, 15) is 18.3 Å². The highest BCUT2D eigenvalue weighted by Crippen LogP contribution is 2.32. The van der Waals surface area contributed by atoms with Crippen molar-refractivity contribution in [3.63, 3.8) is 0 Å². The molecule has 6 nitrogen and oxygen atoms in total. The summed E-state index contributed by atoms with van der Waals surface area (Å²) in [5.74, 6) is -2.52. The van der Waals surface area contributed by atoms with Gasteiger partial charge in [-0.05, 0) is 25.0 Å². The zero-order valence-corrected chi connectivity index (χ0v) is 12.1. The van der Waals surface area contributed by atoms with Gasteiger partial charge in [0.2, 0.25) is 0 Å². The van der Waals surface area contributed by atoms with Gasteiger partial charge in [-0.25, -0.2) is 4.79 Å². The average molecular weight is 329 g/mol. The zero-order valence-electron chi connectivity index (χ0n) is 12.1. The van der Waals surface area contributed by atoms with Gasteiger partial charge in [0.25, 0.3) is 0 Å². The Labute approximate surface area is 128 Å². The molecule has 0 amide bonds. The summed E-state index contributed by atoms with van der Waals surface area (Å²) in [6, 6.07) is 1.91. The summed E-state index contributed by atoms with van der Waals surface area (Å²) in [7, 11) is 0. The van der Waals surface area contributed by atoms with E-state index in [2.05, 4.69) is 15.3 Å². The molecule has 2 aliphatic rings. The minimum Gasteiger partial charge on any atom is -0.504 e. The molecule has 23 heavy (non-hydrogen) atoms. The second-order valence-corrected chi connectivity index (χ2v) is 4.76. The molecule has 0 bridgehead atoms. The monoisotopic (exact) mass is 329 g/mol. The summed E-state index contributed by atoms with van der Waals surface area (Å²) < 4.78 is 31.7. The van der Waals surface area contributed by atoms with Gasteiger partial charge in [0.1, 0.15) is 5.69 Å². The van der Waals surface area contributed by atoms with Gasteiger partial charge in [-0.15, -0.1) is 0 Å². The van der Waals surface area contributed by atoms with E-state index < -0.39 is 12.1 Å². The Hall–Kier alpha value is -2.58. The van der Waals surface area contributed by atoms with E-state index >= 15 is 0 Å². The van der Waals surface area contributed by atoms with Crippen LogP contribution in [0, 0.1) is 0 Å². The third-order valence-corrected chi connectivity index (χ3v) is 3.20. The first-order valence-electron chi connectivity index (χ1n) is 6.77. The third kappa shape index (κ3) is 3.43. The van der Waals surface area contributed by atoms with Gasteiger partial charge in [-0.3, -0.25) is 9.98 Å². The molecule has 1 aromatic rings. The highest BCUT2D eigenvalue weighted by atomic mass is 19.4. The molecule has 0 atom stereocenters. The molecule has 0 saturated heterocycles. The number of aliphatic carboxylic acids is 1. The number of aliphatic imine (C=N–C) groups is 1. The Balaban J connectivity index is 0.000000236. The number of hydrogen-bond donors (Lipinski definition) is 3. The largest absolute Gasteiger partial charge is 0.504 e. The summed E-state index contributed by atoms with van der Waals surface area (Å²) in [5, 5.41) is 22.3. The summed E-state index contributed by atoms with van der Waals surface area (Å²) in [6.07, 6.45) is -2.32. The number of hydrogen-bond acceptors (Lipinski definition) is 5. The number of benzene rings is 1. The summed E-state index contributed by atoms with van der Waals surface area (Å²) in [6.45, 7) is 3.58. The summed E-state index contributed by atoms with van der Waals surface area (Å²) >= 11 is 0. The van der Waals surface area contributed by atoms with E-state index in [4.69, 9.17) is 9.90 Å². The van der Waals surface area contributed by atoms with Crippen molar-refractivity contribution < 1.29 is 28.2 Å². The molecule has 0 spiro atoms. The van der Waals surface area contributed by atoms with Gasteiger partial charge >= 0.3 is 12.1 Å². The lowest BCUT2D eigenvalue weighted by Gasteiger charge is -2.10. The van der Waals surface area contributed by atoms with Crippen LogP contribution in [0.25, 0.3) is 5.57 Å². The predicted octanol–water partition coefficient (Wildman–Crippen LogP) is 1.35. The molecule has 3 rings (SSSR count). The SMILES string of the molecule is CCNc1cc2c3c(c1O)N=CC=3CCN=2.O=C(O)C(F)(F)F. The second-order valence-electron chi connectivity index (χ2n) is 4.76. The fourth-order valence-electron chi connectivity index (χ4n) is 2.23. The van der Waals surface area contributed by atoms with Crippen molar-refractivity contribution in [2.75, 3.05) is 18.4 Å². The topological polar surface area (TPSA) is 94.3 Å². The fourth-order valence-corrected chi connectivity index (χ4v) is 2.23. The second kappa shape index (κ2) is 6.27. The van der Waals surface area contributed by atoms with E-state index in [1.165, 1.54) is 5.57 Å². The maximum absolute atomic E-state index is 10.6. The Morgan fingerprint density at radius 1 is 1.43 bits per heavy atom. The van der Waals surface area contributed by atoms with Gasteiger partial charge in [0, 0.05) is 24.5 Å². The van der Waals surface area contributed by atoms with Crippen molar-refractivity contribution in [2.24, 2.45) is 9.98 Å². The number of halogens is 3. The molecule has 0 unspecified atom stereocenters. The Bertz CT molecular complexity index is 785. The molecule has 0 aliphatic carbocycles. The number of anilines is 1. The smallest absolute Gasteiger partial charge is 0.490 e. The number of carbonyl (C=O) groups is 1. The number of rotatable bonds is 2. The maximum atomic E-state index is 10.6. The normalized spacial score (nSPS) is 14.5. The highest BCUT2D eigenvalue weighted by molar-refractivity contribution is 6.08. The number of phenols is 1. The van der Waals surface area contributed by atoms with Crippen LogP contribution in [0.2, 0.25) is 0 Å². The van der Waals surface area contributed by atoms with Crippen LogP contribution < -0.4 is 15.9 Å². The minimum absolute atomic E-state index is 0.240. The highest BCUT2D eigenvalue weighted by Gasteiger charge is 2.38. The van der Waals surface area contributed by atoms with E-state index in [1.807, 2.05) is 19.2 Å². The van der Waals surface area contributed by atoms with Crippen LogP contribution in [-0.2, 0) is 4.79 Å². The van der Waals surface area contributed by atoms with Crippen LogP contribution in [0.1, 0.15) is 13.3 Å². The minimum atomic E-state index is -5.08. The molecular weight excluding hydrogens is 315 g/mol. The van der Waals surface area contributed by atoms with Crippen molar-refractivity contribution >= 4 is 29.1 Å². The lowest BCUT2D eigenvalue weighted by Crippen LogP contribution is -2.30.